The molecule has 1 amide bonds. The van der Waals surface area contributed by atoms with Gasteiger partial charge in [0.15, 0.2) is 0 Å². The summed E-state index contributed by atoms with van der Waals surface area (Å²) >= 11 is 0. The number of carbonyl (C=O) groups excluding carboxylic acids is 1. The van der Waals surface area contributed by atoms with Crippen LogP contribution in [0.15, 0.2) is 6.20 Å². The van der Waals surface area contributed by atoms with Crippen molar-refractivity contribution in [1.82, 2.24) is 20.3 Å². The third kappa shape index (κ3) is 5.97. The second-order valence-electron chi connectivity index (χ2n) is 4.06. The zero-order valence-electron chi connectivity index (χ0n) is 10.4. The maximum absolute atomic E-state index is 10.7. The number of carbonyl (C=O) groups is 2. The summed E-state index contributed by atoms with van der Waals surface area (Å²) in [7, 11) is 0. The fourth-order valence-corrected chi connectivity index (χ4v) is 1.49. The third-order valence-corrected chi connectivity index (χ3v) is 2.37. The predicted octanol–water partition coefficient (Wildman–Crippen LogP) is 0.212. The van der Waals surface area contributed by atoms with E-state index in [4.69, 9.17) is 5.11 Å². The summed E-state index contributed by atoms with van der Waals surface area (Å²) in [6, 6.07) is 0. The maximum Gasteiger partial charge on any atom is 0.303 e. The molecule has 0 spiro atoms. The van der Waals surface area contributed by atoms with Crippen molar-refractivity contribution in [1.29, 1.82) is 0 Å². The van der Waals surface area contributed by atoms with Gasteiger partial charge in [-0.2, -0.15) is 0 Å². The highest BCUT2D eigenvalue weighted by atomic mass is 16.4. The lowest BCUT2D eigenvalue weighted by molar-refractivity contribution is -0.137. The van der Waals surface area contributed by atoms with Crippen LogP contribution in [-0.4, -0.2) is 38.5 Å². The van der Waals surface area contributed by atoms with Crippen molar-refractivity contribution in [3.8, 4) is 0 Å². The molecule has 0 aliphatic heterocycles. The second kappa shape index (κ2) is 7.41. The van der Waals surface area contributed by atoms with Gasteiger partial charge in [-0.05, 0) is 19.3 Å². The van der Waals surface area contributed by atoms with E-state index in [1.54, 1.807) is 4.68 Å². The van der Waals surface area contributed by atoms with Gasteiger partial charge in [0.1, 0.15) is 0 Å². The molecule has 0 aliphatic rings. The predicted molar refractivity (Wildman–Crippen MR) is 63.9 cm³/mol. The van der Waals surface area contributed by atoms with Gasteiger partial charge in [0.2, 0.25) is 5.91 Å². The van der Waals surface area contributed by atoms with Crippen molar-refractivity contribution >= 4 is 11.9 Å². The minimum Gasteiger partial charge on any atom is -0.481 e. The second-order valence-corrected chi connectivity index (χ2v) is 4.06. The number of carboxylic acids is 1. The van der Waals surface area contributed by atoms with E-state index >= 15 is 0 Å². The molecule has 0 atom stereocenters. The van der Waals surface area contributed by atoms with Crippen LogP contribution in [0, 0.1) is 0 Å². The first kappa shape index (κ1) is 14.1. The van der Waals surface area contributed by atoms with Gasteiger partial charge in [-0.15, -0.1) is 5.10 Å². The lowest BCUT2D eigenvalue weighted by Gasteiger charge is -2.00. The van der Waals surface area contributed by atoms with E-state index in [0.717, 1.165) is 18.5 Å². The average Bonchev–Trinajstić information content (AvgIpc) is 2.72. The van der Waals surface area contributed by atoms with Crippen molar-refractivity contribution in [3.63, 3.8) is 0 Å². The quantitative estimate of drug-likeness (QED) is 0.646. The standard InChI is InChI=1S/C11H18N4O3/c1-9(16)12-6-7-15-8-10(13-14-15)4-2-3-5-11(17)18/h8H,2-7H2,1H3,(H,12,16)(H,17,18). The molecule has 0 unspecified atom stereocenters. The third-order valence-electron chi connectivity index (χ3n) is 2.37. The molecule has 0 fully saturated rings. The van der Waals surface area contributed by atoms with Gasteiger partial charge in [-0.3, -0.25) is 14.3 Å². The van der Waals surface area contributed by atoms with Gasteiger partial charge in [-0.1, -0.05) is 5.21 Å². The Balaban J connectivity index is 2.21. The molecule has 18 heavy (non-hydrogen) atoms. The number of amides is 1. The summed E-state index contributed by atoms with van der Waals surface area (Å²) in [5, 5.41) is 19.1. The van der Waals surface area contributed by atoms with Gasteiger partial charge >= 0.3 is 5.97 Å². The fraction of sp³-hybridized carbons (Fsp3) is 0.636. The molecule has 1 aromatic rings. The van der Waals surface area contributed by atoms with Crippen molar-refractivity contribution in [2.45, 2.75) is 39.2 Å². The molecule has 2 N–H and O–H groups in total. The maximum atomic E-state index is 10.7. The molecule has 1 rings (SSSR count). The first-order valence-electron chi connectivity index (χ1n) is 5.93. The molecular weight excluding hydrogens is 236 g/mol. The van der Waals surface area contributed by atoms with E-state index < -0.39 is 5.97 Å². The molecule has 0 radical (unpaired) electrons. The Morgan fingerprint density at radius 2 is 2.22 bits per heavy atom. The fourth-order valence-electron chi connectivity index (χ4n) is 1.49. The molecule has 1 heterocycles. The number of rotatable bonds is 8. The smallest absolute Gasteiger partial charge is 0.303 e. The number of aliphatic carboxylic acids is 1. The molecule has 0 aliphatic carbocycles. The Morgan fingerprint density at radius 1 is 1.44 bits per heavy atom. The lowest BCUT2D eigenvalue weighted by Crippen LogP contribution is -2.24. The highest BCUT2D eigenvalue weighted by molar-refractivity contribution is 5.72. The molecule has 0 saturated carbocycles. The van der Waals surface area contributed by atoms with Crippen LogP contribution in [0.4, 0.5) is 0 Å². The highest BCUT2D eigenvalue weighted by Gasteiger charge is 2.02. The van der Waals surface area contributed by atoms with Crippen molar-refractivity contribution in [2.24, 2.45) is 0 Å². The van der Waals surface area contributed by atoms with E-state index in [0.29, 0.717) is 19.5 Å². The molecule has 100 valence electrons. The van der Waals surface area contributed by atoms with Crippen LogP contribution >= 0.6 is 0 Å². The Kier molecular flexibility index (Phi) is 5.83. The van der Waals surface area contributed by atoms with E-state index in [2.05, 4.69) is 15.6 Å². The number of aromatic nitrogens is 3. The number of hydrogen-bond acceptors (Lipinski definition) is 4. The molecule has 0 bridgehead atoms. The van der Waals surface area contributed by atoms with Crippen LogP contribution in [0.25, 0.3) is 0 Å². The Bertz CT molecular complexity index is 403. The minimum absolute atomic E-state index is 0.0657. The highest BCUT2D eigenvalue weighted by Crippen LogP contribution is 2.03. The number of nitrogens with zero attached hydrogens (tertiary/aromatic N) is 3. The van der Waals surface area contributed by atoms with E-state index in [9.17, 15) is 9.59 Å². The van der Waals surface area contributed by atoms with Crippen LogP contribution in [-0.2, 0) is 22.6 Å². The molecule has 7 heteroatoms. The summed E-state index contributed by atoms with van der Waals surface area (Å²) in [6.45, 7) is 2.58. The van der Waals surface area contributed by atoms with Crippen LogP contribution in [0.5, 0.6) is 0 Å². The summed E-state index contributed by atoms with van der Waals surface area (Å²) in [5.41, 5.74) is 0.850. The van der Waals surface area contributed by atoms with E-state index in [-0.39, 0.29) is 12.3 Å². The Labute approximate surface area is 105 Å². The molecular formula is C11H18N4O3. The number of carboxylic acid groups (broad SMARTS) is 1. The van der Waals surface area contributed by atoms with Gasteiger partial charge in [-0.25, -0.2) is 0 Å². The summed E-state index contributed by atoms with van der Waals surface area (Å²) < 4.78 is 1.67. The zero-order valence-corrected chi connectivity index (χ0v) is 10.4. The van der Waals surface area contributed by atoms with Gasteiger partial charge < -0.3 is 10.4 Å². The average molecular weight is 254 g/mol. The summed E-state index contributed by atoms with van der Waals surface area (Å²) in [5.74, 6) is -0.835. The normalized spacial score (nSPS) is 10.3. The minimum atomic E-state index is -0.769. The van der Waals surface area contributed by atoms with Crippen molar-refractivity contribution in [2.75, 3.05) is 6.54 Å². The molecule has 7 nitrogen and oxygen atoms in total. The Morgan fingerprint density at radius 3 is 2.89 bits per heavy atom. The lowest BCUT2D eigenvalue weighted by atomic mass is 10.1. The van der Waals surface area contributed by atoms with Crippen molar-refractivity contribution < 1.29 is 14.7 Å². The molecule has 0 saturated heterocycles. The van der Waals surface area contributed by atoms with Crippen LogP contribution in [0.1, 0.15) is 31.9 Å². The van der Waals surface area contributed by atoms with Gasteiger partial charge in [0.05, 0.1) is 12.2 Å². The summed E-state index contributed by atoms with van der Waals surface area (Å²) in [4.78, 5) is 21.0. The first-order valence-corrected chi connectivity index (χ1v) is 5.93. The molecule has 1 aromatic heterocycles. The van der Waals surface area contributed by atoms with Crippen molar-refractivity contribution in [3.05, 3.63) is 11.9 Å². The Hall–Kier alpha value is -1.92. The molecule has 0 aromatic carbocycles. The summed E-state index contributed by atoms with van der Waals surface area (Å²) in [6.07, 6.45) is 4.18. The number of nitrogens with one attached hydrogen (secondary N) is 1. The SMILES string of the molecule is CC(=O)NCCn1cc(CCCCC(=O)O)nn1. The number of unbranched alkanes of at least 4 members (excludes halogenated alkanes) is 1. The largest absolute Gasteiger partial charge is 0.481 e. The number of aryl methyl sites for hydroxylation is 1. The first-order chi connectivity index (χ1) is 8.58. The van der Waals surface area contributed by atoms with Gasteiger partial charge in [0, 0.05) is 26.1 Å². The van der Waals surface area contributed by atoms with Crippen LogP contribution < -0.4 is 5.32 Å². The van der Waals surface area contributed by atoms with Crippen LogP contribution in [0.2, 0.25) is 0 Å². The van der Waals surface area contributed by atoms with E-state index in [1.165, 1.54) is 6.92 Å². The topological polar surface area (TPSA) is 97.1 Å². The monoisotopic (exact) mass is 254 g/mol. The number of hydrogen-bond donors (Lipinski definition) is 2. The van der Waals surface area contributed by atoms with Crippen LogP contribution in [0.3, 0.4) is 0 Å². The van der Waals surface area contributed by atoms with E-state index in [1.807, 2.05) is 6.20 Å². The van der Waals surface area contributed by atoms with Gasteiger partial charge in [0.25, 0.3) is 0 Å². The zero-order chi connectivity index (χ0) is 13.4.